The molecule has 0 saturated heterocycles. The molecule has 0 saturated carbocycles. The van der Waals surface area contributed by atoms with Gasteiger partial charge in [-0.05, 0) is 42.0 Å². The minimum absolute atomic E-state index is 0.371. The zero-order chi connectivity index (χ0) is 17.9. The highest BCUT2D eigenvalue weighted by molar-refractivity contribution is 7.91. The Bertz CT molecular complexity index is 790. The van der Waals surface area contributed by atoms with Crippen LogP contribution in [0.1, 0.15) is 5.56 Å². The molecule has 2 aromatic rings. The highest BCUT2D eigenvalue weighted by Gasteiger charge is 2.26. The van der Waals surface area contributed by atoms with Gasteiger partial charge in [-0.25, -0.2) is 8.42 Å². The van der Waals surface area contributed by atoms with E-state index in [1.54, 1.807) is 0 Å². The Kier molecular flexibility index (Phi) is 5.43. The lowest BCUT2D eigenvalue weighted by molar-refractivity contribution is 0.234. The first-order valence-corrected chi connectivity index (χ1v) is 8.86. The number of nitrogens with zero attached hydrogens (tertiary/aromatic N) is 2. The number of benzene rings is 2. The molecule has 0 aromatic heterocycles. The van der Waals surface area contributed by atoms with Gasteiger partial charge in [0.2, 0.25) is 9.84 Å². The lowest BCUT2D eigenvalue weighted by Gasteiger charge is -2.21. The van der Waals surface area contributed by atoms with E-state index in [1.807, 2.05) is 49.1 Å². The summed E-state index contributed by atoms with van der Waals surface area (Å²) in [5.41, 5.74) is 2.92. The molecule has 7 heteroatoms. The van der Waals surface area contributed by atoms with Crippen molar-refractivity contribution >= 4 is 21.2 Å². The summed E-state index contributed by atoms with van der Waals surface area (Å²) in [6, 6.07) is 13.5. The van der Waals surface area contributed by atoms with Crippen LogP contribution in [-0.2, 0) is 16.4 Å². The van der Waals surface area contributed by atoms with E-state index in [4.69, 9.17) is 0 Å². The van der Waals surface area contributed by atoms with Gasteiger partial charge in [-0.3, -0.25) is 0 Å². The van der Waals surface area contributed by atoms with Gasteiger partial charge >= 0.3 is 5.76 Å². The lowest BCUT2D eigenvalue weighted by atomic mass is 10.1. The molecule has 0 aliphatic heterocycles. The van der Waals surface area contributed by atoms with Gasteiger partial charge < -0.3 is 9.80 Å². The molecule has 0 N–H and O–H groups in total. The molecule has 0 aliphatic carbocycles. The SMILES string of the molecule is CN(C)c1cccc(CN(C)c2ccc(S(=O)(=O)C(F)F)cc2)c1. The van der Waals surface area contributed by atoms with Crippen LogP contribution in [0.3, 0.4) is 0 Å². The van der Waals surface area contributed by atoms with Crippen molar-refractivity contribution in [3.05, 3.63) is 54.1 Å². The quantitative estimate of drug-likeness (QED) is 0.797. The molecule has 0 radical (unpaired) electrons. The van der Waals surface area contributed by atoms with Gasteiger partial charge in [0.1, 0.15) is 0 Å². The highest BCUT2D eigenvalue weighted by atomic mass is 32.2. The molecular weight excluding hydrogens is 334 g/mol. The fourth-order valence-corrected chi connectivity index (χ4v) is 3.01. The van der Waals surface area contributed by atoms with Crippen LogP contribution in [0.5, 0.6) is 0 Å². The predicted molar refractivity (Wildman–Crippen MR) is 92.5 cm³/mol. The molecule has 0 bridgehead atoms. The van der Waals surface area contributed by atoms with Crippen LogP contribution in [-0.4, -0.2) is 35.3 Å². The Morgan fingerprint density at radius 2 is 1.58 bits per heavy atom. The van der Waals surface area contributed by atoms with E-state index in [2.05, 4.69) is 6.07 Å². The van der Waals surface area contributed by atoms with Gasteiger partial charge in [0.25, 0.3) is 0 Å². The third kappa shape index (κ3) is 4.03. The maximum Gasteiger partial charge on any atom is 0.341 e. The molecule has 0 fully saturated rings. The summed E-state index contributed by atoms with van der Waals surface area (Å²) >= 11 is 0. The molecule has 2 aromatic carbocycles. The second kappa shape index (κ2) is 7.17. The van der Waals surface area contributed by atoms with Crippen LogP contribution in [0.25, 0.3) is 0 Å². The molecule has 0 aliphatic rings. The standard InChI is InChI=1S/C17H20F2N2O2S/c1-20(2)15-6-4-5-13(11-15)12-21(3)14-7-9-16(10-8-14)24(22,23)17(18)19/h4-11,17H,12H2,1-3H3. The summed E-state index contributed by atoms with van der Waals surface area (Å²) in [6.07, 6.45) is 0. The molecule has 0 amide bonds. The average Bonchev–Trinajstić information content (AvgIpc) is 2.55. The zero-order valence-corrected chi connectivity index (χ0v) is 14.6. The van der Waals surface area contributed by atoms with Gasteiger partial charge in [0.05, 0.1) is 4.90 Å². The molecule has 130 valence electrons. The Balaban J connectivity index is 2.16. The number of rotatable bonds is 6. The van der Waals surface area contributed by atoms with E-state index in [-0.39, 0.29) is 4.90 Å². The van der Waals surface area contributed by atoms with Crippen molar-refractivity contribution in [1.82, 2.24) is 0 Å². The van der Waals surface area contributed by atoms with E-state index in [0.29, 0.717) is 6.54 Å². The summed E-state index contributed by atoms with van der Waals surface area (Å²) in [5.74, 6) is -3.41. The minimum Gasteiger partial charge on any atom is -0.378 e. The minimum atomic E-state index is -4.55. The van der Waals surface area contributed by atoms with E-state index in [9.17, 15) is 17.2 Å². The number of hydrogen-bond donors (Lipinski definition) is 0. The predicted octanol–water partition coefficient (Wildman–Crippen LogP) is 3.39. The smallest absolute Gasteiger partial charge is 0.341 e. The van der Waals surface area contributed by atoms with Crippen molar-refractivity contribution in [2.45, 2.75) is 17.2 Å². The van der Waals surface area contributed by atoms with E-state index in [0.717, 1.165) is 16.9 Å². The average molecular weight is 354 g/mol. The number of anilines is 2. The second-order valence-corrected chi connectivity index (χ2v) is 7.64. The summed E-state index contributed by atoms with van der Waals surface area (Å²) < 4.78 is 48.0. The molecule has 24 heavy (non-hydrogen) atoms. The van der Waals surface area contributed by atoms with Crippen LogP contribution < -0.4 is 9.80 Å². The van der Waals surface area contributed by atoms with Gasteiger partial charge in [0, 0.05) is 39.1 Å². The number of hydrogen-bond acceptors (Lipinski definition) is 4. The first-order valence-electron chi connectivity index (χ1n) is 7.31. The molecule has 0 unspecified atom stereocenters. The van der Waals surface area contributed by atoms with Gasteiger partial charge in [-0.1, -0.05) is 12.1 Å². The molecular formula is C17H20F2N2O2S. The largest absolute Gasteiger partial charge is 0.378 e. The van der Waals surface area contributed by atoms with Crippen LogP contribution in [0.2, 0.25) is 0 Å². The Morgan fingerprint density at radius 1 is 0.958 bits per heavy atom. The topological polar surface area (TPSA) is 40.6 Å². The summed E-state index contributed by atoms with van der Waals surface area (Å²) in [5, 5.41) is 0. The monoisotopic (exact) mass is 354 g/mol. The Morgan fingerprint density at radius 3 is 2.12 bits per heavy atom. The van der Waals surface area contributed by atoms with Crippen molar-refractivity contribution in [3.63, 3.8) is 0 Å². The first kappa shape index (κ1) is 18.2. The first-order chi connectivity index (χ1) is 11.2. The van der Waals surface area contributed by atoms with Gasteiger partial charge in [-0.15, -0.1) is 0 Å². The Hall–Kier alpha value is -2.15. The number of alkyl halides is 2. The molecule has 0 atom stereocenters. The van der Waals surface area contributed by atoms with Crippen molar-refractivity contribution in [2.24, 2.45) is 0 Å². The van der Waals surface area contributed by atoms with Gasteiger partial charge in [-0.2, -0.15) is 8.78 Å². The van der Waals surface area contributed by atoms with Crippen LogP contribution >= 0.6 is 0 Å². The van der Waals surface area contributed by atoms with E-state index in [1.165, 1.54) is 24.3 Å². The van der Waals surface area contributed by atoms with Gasteiger partial charge in [0.15, 0.2) is 0 Å². The van der Waals surface area contributed by atoms with E-state index < -0.39 is 15.6 Å². The third-order valence-corrected chi connectivity index (χ3v) is 5.09. The number of halogens is 2. The number of sulfone groups is 1. The highest BCUT2D eigenvalue weighted by Crippen LogP contribution is 2.23. The summed E-state index contributed by atoms with van der Waals surface area (Å²) in [7, 11) is 1.24. The fourth-order valence-electron chi connectivity index (χ4n) is 2.29. The van der Waals surface area contributed by atoms with Crippen molar-refractivity contribution in [2.75, 3.05) is 30.9 Å². The Labute approximate surface area is 141 Å². The molecule has 0 heterocycles. The van der Waals surface area contributed by atoms with Crippen LogP contribution in [0, 0.1) is 0 Å². The molecule has 2 rings (SSSR count). The third-order valence-electron chi connectivity index (χ3n) is 3.69. The van der Waals surface area contributed by atoms with Crippen LogP contribution in [0.4, 0.5) is 20.2 Å². The summed E-state index contributed by atoms with van der Waals surface area (Å²) in [4.78, 5) is 3.56. The maximum absolute atomic E-state index is 12.5. The van der Waals surface area contributed by atoms with Crippen molar-refractivity contribution in [1.29, 1.82) is 0 Å². The summed E-state index contributed by atoms with van der Waals surface area (Å²) in [6.45, 7) is 0.614. The molecule has 0 spiro atoms. The second-order valence-electron chi connectivity index (χ2n) is 5.72. The van der Waals surface area contributed by atoms with Crippen molar-refractivity contribution < 1.29 is 17.2 Å². The normalized spacial score (nSPS) is 11.6. The van der Waals surface area contributed by atoms with Crippen molar-refractivity contribution in [3.8, 4) is 0 Å². The molecule has 4 nitrogen and oxygen atoms in total. The lowest BCUT2D eigenvalue weighted by Crippen LogP contribution is -2.17. The maximum atomic E-state index is 12.5. The van der Waals surface area contributed by atoms with E-state index >= 15 is 0 Å². The zero-order valence-electron chi connectivity index (χ0n) is 13.8. The fraction of sp³-hybridized carbons (Fsp3) is 0.294. The van der Waals surface area contributed by atoms with Crippen LogP contribution in [0.15, 0.2) is 53.4 Å².